The molecular weight excluding hydrogens is 406 g/mol. The topological polar surface area (TPSA) is 93.7 Å². The minimum absolute atomic E-state index is 0.0403. The first-order valence-electron chi connectivity index (χ1n) is 11.3. The molecule has 4 rings (SSSR count). The van der Waals surface area contributed by atoms with E-state index in [2.05, 4.69) is 30.4 Å². The maximum atomic E-state index is 12.7. The summed E-state index contributed by atoms with van der Waals surface area (Å²) in [6.45, 7) is 6.18. The van der Waals surface area contributed by atoms with Gasteiger partial charge in [0, 0.05) is 70.4 Å². The molecule has 0 aliphatic carbocycles. The Hall–Kier alpha value is -3.20. The van der Waals surface area contributed by atoms with Gasteiger partial charge in [-0.15, -0.1) is 0 Å². The number of nitrogens with zero attached hydrogens (tertiary/aromatic N) is 5. The Morgan fingerprint density at radius 2 is 1.72 bits per heavy atom. The second kappa shape index (κ2) is 10.9. The number of amides is 3. The second-order valence-corrected chi connectivity index (χ2v) is 8.25. The Labute approximate surface area is 188 Å². The first kappa shape index (κ1) is 22.0. The van der Waals surface area contributed by atoms with Crippen LogP contribution in [-0.4, -0.2) is 84.1 Å². The number of para-hydroxylation sites is 1. The van der Waals surface area contributed by atoms with Crippen molar-refractivity contribution in [3.8, 4) is 0 Å². The highest BCUT2D eigenvalue weighted by atomic mass is 16.2. The lowest BCUT2D eigenvalue weighted by atomic mass is 9.97. The van der Waals surface area contributed by atoms with E-state index in [1.54, 1.807) is 17.3 Å². The van der Waals surface area contributed by atoms with Gasteiger partial charge in [-0.25, -0.2) is 14.8 Å². The largest absolute Gasteiger partial charge is 0.355 e. The summed E-state index contributed by atoms with van der Waals surface area (Å²) in [5, 5.41) is 5.98. The fourth-order valence-corrected chi connectivity index (χ4v) is 4.21. The van der Waals surface area contributed by atoms with Crippen molar-refractivity contribution in [1.29, 1.82) is 0 Å². The number of hydrogen-bond donors (Lipinski definition) is 2. The van der Waals surface area contributed by atoms with Crippen molar-refractivity contribution in [2.45, 2.75) is 12.8 Å². The average Bonchev–Trinajstić information content (AvgIpc) is 2.85. The molecule has 1 aromatic carbocycles. The third kappa shape index (κ3) is 5.94. The maximum Gasteiger partial charge on any atom is 0.321 e. The van der Waals surface area contributed by atoms with Crippen molar-refractivity contribution in [3.63, 3.8) is 0 Å². The van der Waals surface area contributed by atoms with Crippen LogP contribution in [0.25, 0.3) is 0 Å². The number of anilines is 2. The van der Waals surface area contributed by atoms with Gasteiger partial charge >= 0.3 is 6.03 Å². The molecule has 1 aromatic heterocycles. The van der Waals surface area contributed by atoms with Crippen LogP contribution in [0.15, 0.2) is 48.8 Å². The van der Waals surface area contributed by atoms with Crippen LogP contribution < -0.4 is 15.5 Å². The third-order valence-corrected chi connectivity index (χ3v) is 6.04. The van der Waals surface area contributed by atoms with Crippen LogP contribution in [0.3, 0.4) is 0 Å². The minimum Gasteiger partial charge on any atom is -0.355 e. The molecule has 0 spiro atoms. The molecule has 2 aliphatic heterocycles. The summed E-state index contributed by atoms with van der Waals surface area (Å²) >= 11 is 0. The molecule has 9 heteroatoms. The summed E-state index contributed by atoms with van der Waals surface area (Å²) in [4.78, 5) is 40.1. The summed E-state index contributed by atoms with van der Waals surface area (Å²) in [6, 6.07) is 11.1. The molecule has 2 aromatic rings. The first-order chi connectivity index (χ1) is 15.7. The smallest absolute Gasteiger partial charge is 0.321 e. The van der Waals surface area contributed by atoms with Crippen LogP contribution in [0.2, 0.25) is 0 Å². The third-order valence-electron chi connectivity index (χ3n) is 6.04. The highest BCUT2D eigenvalue weighted by Gasteiger charge is 2.28. The lowest BCUT2D eigenvalue weighted by molar-refractivity contribution is -0.126. The summed E-state index contributed by atoms with van der Waals surface area (Å²) in [6.07, 6.45) is 5.18. The number of carbonyl (C=O) groups is 2. The van der Waals surface area contributed by atoms with E-state index in [1.165, 1.54) is 0 Å². The molecule has 32 heavy (non-hydrogen) atoms. The minimum atomic E-state index is -0.155. The SMILES string of the molecule is O=C(NCCN1CCN(c2ncccn2)CC1)C1CCCN(C(=O)Nc2ccccc2)C1. The van der Waals surface area contributed by atoms with E-state index in [0.29, 0.717) is 19.6 Å². The monoisotopic (exact) mass is 437 g/mol. The molecule has 1 atom stereocenters. The van der Waals surface area contributed by atoms with Crippen molar-refractivity contribution >= 4 is 23.6 Å². The number of piperidine rings is 1. The highest BCUT2D eigenvalue weighted by molar-refractivity contribution is 5.90. The van der Waals surface area contributed by atoms with Crippen LogP contribution in [0.5, 0.6) is 0 Å². The molecule has 0 radical (unpaired) electrons. The molecule has 3 amide bonds. The number of carbonyl (C=O) groups excluding carboxylic acids is 2. The Morgan fingerprint density at radius 1 is 0.969 bits per heavy atom. The van der Waals surface area contributed by atoms with Crippen LogP contribution in [0.1, 0.15) is 12.8 Å². The van der Waals surface area contributed by atoms with E-state index in [4.69, 9.17) is 0 Å². The Bertz CT molecular complexity index is 872. The molecule has 2 N–H and O–H groups in total. The fraction of sp³-hybridized carbons (Fsp3) is 0.478. The number of rotatable bonds is 6. The number of likely N-dealkylation sites (tertiary alicyclic amines) is 1. The van der Waals surface area contributed by atoms with Gasteiger partial charge in [-0.3, -0.25) is 9.69 Å². The number of benzene rings is 1. The predicted octanol–water partition coefficient (Wildman–Crippen LogP) is 1.66. The Balaban J connectivity index is 1.16. The van der Waals surface area contributed by atoms with Gasteiger partial charge in [-0.05, 0) is 31.0 Å². The van der Waals surface area contributed by atoms with E-state index in [-0.39, 0.29) is 17.9 Å². The number of nitrogens with one attached hydrogen (secondary N) is 2. The van der Waals surface area contributed by atoms with Gasteiger partial charge in [0.2, 0.25) is 11.9 Å². The molecule has 2 saturated heterocycles. The quantitative estimate of drug-likeness (QED) is 0.714. The standard InChI is InChI=1S/C23H31N7O2/c31-21(19-6-4-12-30(18-19)23(32)27-20-7-2-1-3-8-20)24-11-13-28-14-16-29(17-15-28)22-25-9-5-10-26-22/h1-3,5,7-10,19H,4,6,11-18H2,(H,24,31)(H,27,32). The van der Waals surface area contributed by atoms with Gasteiger partial charge in [-0.2, -0.15) is 0 Å². The molecule has 1 unspecified atom stereocenters. The van der Waals surface area contributed by atoms with E-state index >= 15 is 0 Å². The van der Waals surface area contributed by atoms with Crippen LogP contribution in [0, 0.1) is 5.92 Å². The van der Waals surface area contributed by atoms with Gasteiger partial charge in [0.05, 0.1) is 5.92 Å². The van der Waals surface area contributed by atoms with Crippen molar-refractivity contribution in [2.24, 2.45) is 5.92 Å². The van der Waals surface area contributed by atoms with E-state index in [0.717, 1.165) is 57.2 Å². The van der Waals surface area contributed by atoms with E-state index in [1.807, 2.05) is 36.4 Å². The molecular formula is C23H31N7O2. The van der Waals surface area contributed by atoms with E-state index in [9.17, 15) is 9.59 Å². The maximum absolute atomic E-state index is 12.7. The van der Waals surface area contributed by atoms with Gasteiger partial charge in [0.1, 0.15) is 0 Å². The molecule has 0 saturated carbocycles. The number of urea groups is 1. The van der Waals surface area contributed by atoms with Crippen molar-refractivity contribution < 1.29 is 9.59 Å². The average molecular weight is 438 g/mol. The zero-order chi connectivity index (χ0) is 22.2. The molecule has 2 aliphatic rings. The van der Waals surface area contributed by atoms with Gasteiger partial charge in [0.15, 0.2) is 0 Å². The van der Waals surface area contributed by atoms with Crippen molar-refractivity contribution in [3.05, 3.63) is 48.8 Å². The zero-order valence-electron chi connectivity index (χ0n) is 18.3. The molecule has 2 fully saturated rings. The summed E-state index contributed by atoms with van der Waals surface area (Å²) in [5.74, 6) is 0.662. The van der Waals surface area contributed by atoms with Crippen LogP contribution >= 0.6 is 0 Å². The highest BCUT2D eigenvalue weighted by Crippen LogP contribution is 2.18. The van der Waals surface area contributed by atoms with Gasteiger partial charge in [0.25, 0.3) is 0 Å². The Morgan fingerprint density at radius 3 is 2.47 bits per heavy atom. The first-order valence-corrected chi connectivity index (χ1v) is 11.3. The van der Waals surface area contributed by atoms with E-state index < -0.39 is 0 Å². The van der Waals surface area contributed by atoms with Crippen molar-refractivity contribution in [1.82, 2.24) is 25.1 Å². The molecule has 170 valence electrons. The van der Waals surface area contributed by atoms with Crippen LogP contribution in [-0.2, 0) is 4.79 Å². The lowest BCUT2D eigenvalue weighted by Crippen LogP contribution is -2.50. The van der Waals surface area contributed by atoms with Gasteiger partial charge < -0.3 is 20.4 Å². The fourth-order valence-electron chi connectivity index (χ4n) is 4.21. The normalized spacial score (nSPS) is 19.4. The molecule has 9 nitrogen and oxygen atoms in total. The van der Waals surface area contributed by atoms with Crippen molar-refractivity contribution in [2.75, 3.05) is 62.6 Å². The molecule has 0 bridgehead atoms. The summed E-state index contributed by atoms with van der Waals surface area (Å²) < 4.78 is 0. The van der Waals surface area contributed by atoms with Gasteiger partial charge in [-0.1, -0.05) is 18.2 Å². The predicted molar refractivity (Wildman–Crippen MR) is 123 cm³/mol. The second-order valence-electron chi connectivity index (χ2n) is 8.25. The Kier molecular flexibility index (Phi) is 7.50. The lowest BCUT2D eigenvalue weighted by Gasteiger charge is -2.35. The van der Waals surface area contributed by atoms with Crippen LogP contribution in [0.4, 0.5) is 16.4 Å². The summed E-state index contributed by atoms with van der Waals surface area (Å²) in [7, 11) is 0. The number of piperazine rings is 1. The zero-order valence-corrected chi connectivity index (χ0v) is 18.3. The number of aromatic nitrogens is 2. The number of hydrogen-bond acceptors (Lipinski definition) is 6. The summed E-state index contributed by atoms with van der Waals surface area (Å²) in [5.41, 5.74) is 0.767. The molecule has 3 heterocycles.